The molecule has 104 valence electrons. The highest BCUT2D eigenvalue weighted by molar-refractivity contribution is 5.97. The van der Waals surface area contributed by atoms with Crippen LogP contribution in [-0.4, -0.2) is 10.8 Å². The van der Waals surface area contributed by atoms with E-state index >= 15 is 0 Å². The Morgan fingerprint density at radius 1 is 1.15 bits per heavy atom. The van der Waals surface area contributed by atoms with Crippen molar-refractivity contribution >= 4 is 5.78 Å². The number of Topliss-reactive ketones (excluding diaryl/α,β-unsaturated/α-hetero) is 1. The summed E-state index contributed by atoms with van der Waals surface area (Å²) in [6.07, 6.45) is -3.96. The molecule has 0 spiro atoms. The van der Waals surface area contributed by atoms with Crippen LogP contribution in [-0.2, 0) is 12.6 Å². The molecule has 0 fully saturated rings. The molecule has 20 heavy (non-hydrogen) atoms. The number of halogens is 4. The summed E-state index contributed by atoms with van der Waals surface area (Å²) < 4.78 is 50.0. The van der Waals surface area contributed by atoms with E-state index in [1.807, 2.05) is 0 Å². The Hall–Kier alpha value is -2.24. The Morgan fingerprint density at radius 2 is 1.90 bits per heavy atom. The highest BCUT2D eigenvalue weighted by Crippen LogP contribution is 2.28. The molecule has 2 nitrogen and oxygen atoms in total. The van der Waals surface area contributed by atoms with Crippen molar-refractivity contribution in [3.8, 4) is 0 Å². The Kier molecular flexibility index (Phi) is 3.83. The summed E-state index contributed by atoms with van der Waals surface area (Å²) in [5.41, 5.74) is -0.515. The minimum atomic E-state index is -4.46. The summed E-state index contributed by atoms with van der Waals surface area (Å²) in [6, 6.07) is 7.11. The van der Waals surface area contributed by atoms with Gasteiger partial charge in [0.15, 0.2) is 5.78 Å². The molecule has 0 aliphatic carbocycles. The van der Waals surface area contributed by atoms with Crippen LogP contribution in [0.4, 0.5) is 17.6 Å². The van der Waals surface area contributed by atoms with Crippen molar-refractivity contribution in [2.45, 2.75) is 12.6 Å². The highest BCUT2D eigenvalue weighted by atomic mass is 19.4. The van der Waals surface area contributed by atoms with Crippen LogP contribution in [0.15, 0.2) is 42.6 Å². The van der Waals surface area contributed by atoms with Crippen LogP contribution in [0, 0.1) is 5.82 Å². The number of hydrogen-bond donors (Lipinski definition) is 0. The van der Waals surface area contributed by atoms with Gasteiger partial charge in [-0.2, -0.15) is 13.2 Å². The molecule has 0 atom stereocenters. The van der Waals surface area contributed by atoms with Crippen molar-refractivity contribution in [2.24, 2.45) is 0 Å². The lowest BCUT2D eigenvalue weighted by molar-refractivity contribution is -0.137. The summed E-state index contributed by atoms with van der Waals surface area (Å²) >= 11 is 0. The zero-order valence-corrected chi connectivity index (χ0v) is 10.1. The smallest absolute Gasteiger partial charge is 0.294 e. The van der Waals surface area contributed by atoms with Crippen LogP contribution < -0.4 is 0 Å². The van der Waals surface area contributed by atoms with Gasteiger partial charge in [-0.3, -0.25) is 9.78 Å². The van der Waals surface area contributed by atoms with Gasteiger partial charge in [-0.05, 0) is 24.3 Å². The molecule has 2 aromatic rings. The van der Waals surface area contributed by atoms with Crippen molar-refractivity contribution in [1.29, 1.82) is 0 Å². The number of ketones is 1. The average Bonchev–Trinajstić information content (AvgIpc) is 2.38. The fraction of sp³-hybridized carbons (Fsp3) is 0.143. The van der Waals surface area contributed by atoms with E-state index in [1.165, 1.54) is 18.2 Å². The first kappa shape index (κ1) is 14.2. The Labute approximate surface area is 112 Å². The zero-order chi connectivity index (χ0) is 14.8. The molecule has 0 aliphatic rings. The van der Waals surface area contributed by atoms with Crippen LogP contribution in [0.1, 0.15) is 21.6 Å². The predicted molar refractivity (Wildman–Crippen MR) is 63.7 cm³/mol. The molecule has 0 radical (unpaired) electrons. The largest absolute Gasteiger partial charge is 0.417 e. The van der Waals surface area contributed by atoms with Gasteiger partial charge in [-0.1, -0.05) is 12.1 Å². The number of aromatic nitrogens is 1. The van der Waals surface area contributed by atoms with E-state index in [0.29, 0.717) is 6.20 Å². The van der Waals surface area contributed by atoms with Gasteiger partial charge in [-0.25, -0.2) is 4.39 Å². The summed E-state index contributed by atoms with van der Waals surface area (Å²) in [4.78, 5) is 15.4. The van der Waals surface area contributed by atoms with Crippen molar-refractivity contribution in [3.63, 3.8) is 0 Å². The van der Waals surface area contributed by atoms with E-state index < -0.39 is 23.3 Å². The van der Waals surface area contributed by atoms with Crippen molar-refractivity contribution in [1.82, 2.24) is 4.98 Å². The highest BCUT2D eigenvalue weighted by Gasteiger charge is 2.30. The summed E-state index contributed by atoms with van der Waals surface area (Å²) in [6.45, 7) is 0. The van der Waals surface area contributed by atoms with Crippen LogP contribution in [0.3, 0.4) is 0 Å². The molecule has 1 heterocycles. The first-order chi connectivity index (χ1) is 9.36. The number of benzene rings is 1. The van der Waals surface area contributed by atoms with Gasteiger partial charge < -0.3 is 0 Å². The maximum Gasteiger partial charge on any atom is 0.417 e. The Bertz CT molecular complexity index is 620. The van der Waals surface area contributed by atoms with Crippen LogP contribution in [0.5, 0.6) is 0 Å². The number of nitrogens with zero attached hydrogens (tertiary/aromatic N) is 1. The quantitative estimate of drug-likeness (QED) is 0.635. The lowest BCUT2D eigenvalue weighted by atomic mass is 10.1. The van der Waals surface area contributed by atoms with Crippen molar-refractivity contribution in [3.05, 3.63) is 65.2 Å². The van der Waals surface area contributed by atoms with E-state index in [0.717, 1.165) is 18.2 Å². The standard InChI is InChI=1S/C14H9F4NO/c15-11-3-1-2-9(6-11)13(20)7-12-5-4-10(8-19-12)14(16,17)18/h1-6,8H,7H2. The SMILES string of the molecule is O=C(Cc1ccc(C(F)(F)F)cn1)c1cccc(F)c1. The second kappa shape index (κ2) is 5.40. The van der Waals surface area contributed by atoms with Gasteiger partial charge in [0.2, 0.25) is 0 Å². The van der Waals surface area contributed by atoms with E-state index in [9.17, 15) is 22.4 Å². The average molecular weight is 283 g/mol. The predicted octanol–water partition coefficient (Wildman–Crippen LogP) is 3.66. The monoisotopic (exact) mass is 283 g/mol. The molecule has 0 N–H and O–H groups in total. The molecular weight excluding hydrogens is 274 g/mol. The minimum absolute atomic E-state index is 0.159. The first-order valence-electron chi connectivity index (χ1n) is 5.67. The third-order valence-corrected chi connectivity index (χ3v) is 2.64. The Morgan fingerprint density at radius 3 is 2.45 bits per heavy atom. The second-order valence-corrected chi connectivity index (χ2v) is 4.15. The molecule has 1 aromatic heterocycles. The molecule has 6 heteroatoms. The number of carbonyl (C=O) groups is 1. The molecule has 2 rings (SSSR count). The van der Waals surface area contributed by atoms with Gasteiger partial charge in [-0.15, -0.1) is 0 Å². The zero-order valence-electron chi connectivity index (χ0n) is 10.1. The Balaban J connectivity index is 2.12. The summed E-state index contributed by atoms with van der Waals surface area (Å²) in [7, 11) is 0. The normalized spacial score (nSPS) is 11.4. The molecule has 0 unspecified atom stereocenters. The minimum Gasteiger partial charge on any atom is -0.294 e. The second-order valence-electron chi connectivity index (χ2n) is 4.15. The molecule has 0 saturated carbocycles. The lowest BCUT2D eigenvalue weighted by Crippen LogP contribution is -2.08. The molecule has 0 bridgehead atoms. The molecule has 0 amide bonds. The molecule has 0 saturated heterocycles. The third kappa shape index (κ3) is 3.40. The summed E-state index contributed by atoms with van der Waals surface area (Å²) in [5, 5.41) is 0. The van der Waals surface area contributed by atoms with E-state index in [1.54, 1.807) is 0 Å². The third-order valence-electron chi connectivity index (χ3n) is 2.64. The fourth-order valence-electron chi connectivity index (χ4n) is 1.63. The fourth-order valence-corrected chi connectivity index (χ4v) is 1.63. The van der Waals surface area contributed by atoms with Crippen molar-refractivity contribution in [2.75, 3.05) is 0 Å². The number of hydrogen-bond acceptors (Lipinski definition) is 2. The maximum absolute atomic E-state index is 13.0. The van der Waals surface area contributed by atoms with Crippen LogP contribution in [0.25, 0.3) is 0 Å². The van der Waals surface area contributed by atoms with Crippen LogP contribution >= 0.6 is 0 Å². The molecule has 0 aliphatic heterocycles. The van der Waals surface area contributed by atoms with Crippen LogP contribution in [0.2, 0.25) is 0 Å². The number of carbonyl (C=O) groups excluding carboxylic acids is 1. The van der Waals surface area contributed by atoms with E-state index in [-0.39, 0.29) is 17.7 Å². The van der Waals surface area contributed by atoms with Gasteiger partial charge in [0, 0.05) is 17.5 Å². The lowest BCUT2D eigenvalue weighted by Gasteiger charge is -2.06. The van der Waals surface area contributed by atoms with Gasteiger partial charge >= 0.3 is 6.18 Å². The molecule has 1 aromatic carbocycles. The van der Waals surface area contributed by atoms with Crippen molar-refractivity contribution < 1.29 is 22.4 Å². The number of alkyl halides is 3. The van der Waals surface area contributed by atoms with Gasteiger partial charge in [0.1, 0.15) is 5.82 Å². The van der Waals surface area contributed by atoms with E-state index in [4.69, 9.17) is 0 Å². The molecular formula is C14H9F4NO. The summed E-state index contributed by atoms with van der Waals surface area (Å²) in [5.74, 6) is -0.951. The van der Waals surface area contributed by atoms with E-state index in [2.05, 4.69) is 4.98 Å². The number of pyridine rings is 1. The number of rotatable bonds is 3. The maximum atomic E-state index is 13.0. The van der Waals surface area contributed by atoms with Gasteiger partial charge in [0.05, 0.1) is 12.0 Å². The first-order valence-corrected chi connectivity index (χ1v) is 5.67. The topological polar surface area (TPSA) is 30.0 Å². The van der Waals surface area contributed by atoms with Gasteiger partial charge in [0.25, 0.3) is 0 Å².